The second-order valence-corrected chi connectivity index (χ2v) is 7.63. The highest BCUT2D eigenvalue weighted by molar-refractivity contribution is 6.30. The van der Waals surface area contributed by atoms with Crippen LogP contribution in [0.15, 0.2) is 48.5 Å². The lowest BCUT2D eigenvalue weighted by molar-refractivity contribution is -0.137. The topological polar surface area (TPSA) is 49.4 Å². The number of alkyl halides is 3. The van der Waals surface area contributed by atoms with Crippen LogP contribution in [0.1, 0.15) is 34.3 Å². The summed E-state index contributed by atoms with van der Waals surface area (Å²) in [5, 5.41) is 3.22. The molecular weight excluding hydrogens is 429 g/mol. The summed E-state index contributed by atoms with van der Waals surface area (Å²) >= 11 is 5.86. The molecule has 0 spiro atoms. The van der Waals surface area contributed by atoms with Crippen molar-refractivity contribution in [3.05, 3.63) is 70.2 Å². The molecule has 2 aromatic carbocycles. The first-order valence-electron chi connectivity index (χ1n) is 9.73. The van der Waals surface area contributed by atoms with Crippen LogP contribution in [-0.2, 0) is 11.0 Å². The van der Waals surface area contributed by atoms with E-state index < -0.39 is 11.7 Å². The molecule has 8 heteroatoms. The highest BCUT2D eigenvalue weighted by Gasteiger charge is 2.30. The Balaban J connectivity index is 1.54. The second-order valence-electron chi connectivity index (χ2n) is 7.20. The van der Waals surface area contributed by atoms with E-state index in [4.69, 9.17) is 11.6 Å². The van der Waals surface area contributed by atoms with Gasteiger partial charge in [-0.2, -0.15) is 13.2 Å². The van der Waals surface area contributed by atoms with Crippen molar-refractivity contribution in [1.29, 1.82) is 0 Å². The van der Waals surface area contributed by atoms with Gasteiger partial charge in [0.2, 0.25) is 5.91 Å². The molecular formula is C23H20ClF3N2O2. The smallest absolute Gasteiger partial charge is 0.345 e. The van der Waals surface area contributed by atoms with Gasteiger partial charge in [-0.15, -0.1) is 0 Å². The van der Waals surface area contributed by atoms with E-state index in [0.29, 0.717) is 36.5 Å². The number of amides is 2. The zero-order valence-electron chi connectivity index (χ0n) is 16.5. The summed E-state index contributed by atoms with van der Waals surface area (Å²) < 4.78 is 38.2. The maximum absolute atomic E-state index is 12.7. The molecule has 0 bridgehead atoms. The van der Waals surface area contributed by atoms with Crippen LogP contribution in [0.5, 0.6) is 0 Å². The lowest BCUT2D eigenvalue weighted by atomic mass is 9.96. The van der Waals surface area contributed by atoms with Crippen molar-refractivity contribution >= 4 is 23.4 Å². The van der Waals surface area contributed by atoms with Crippen molar-refractivity contribution in [3.8, 4) is 11.8 Å². The lowest BCUT2D eigenvalue weighted by Gasteiger charge is -2.32. The molecule has 162 valence electrons. The van der Waals surface area contributed by atoms with Crippen LogP contribution in [-0.4, -0.2) is 36.3 Å². The molecule has 0 aromatic heterocycles. The van der Waals surface area contributed by atoms with Crippen LogP contribution in [0, 0.1) is 17.8 Å². The van der Waals surface area contributed by atoms with Gasteiger partial charge < -0.3 is 10.2 Å². The summed E-state index contributed by atoms with van der Waals surface area (Å²) in [5.74, 6) is 4.56. The van der Waals surface area contributed by atoms with E-state index >= 15 is 0 Å². The highest BCUT2D eigenvalue weighted by atomic mass is 35.5. The number of piperidine rings is 1. The molecule has 2 amide bonds. The Kier molecular flexibility index (Phi) is 7.24. The molecule has 1 N–H and O–H groups in total. The number of nitrogens with zero attached hydrogens (tertiary/aromatic N) is 1. The quantitative estimate of drug-likeness (QED) is 0.708. The molecule has 0 saturated carbocycles. The van der Waals surface area contributed by atoms with Crippen molar-refractivity contribution in [2.45, 2.75) is 19.0 Å². The van der Waals surface area contributed by atoms with Gasteiger partial charge in [0.05, 0.1) is 18.0 Å². The number of likely N-dealkylation sites (tertiary alicyclic amines) is 1. The first-order valence-corrected chi connectivity index (χ1v) is 10.1. The summed E-state index contributed by atoms with van der Waals surface area (Å²) in [5.41, 5.74) is -0.0325. The van der Waals surface area contributed by atoms with Crippen LogP contribution < -0.4 is 5.32 Å². The third-order valence-electron chi connectivity index (χ3n) is 4.94. The van der Waals surface area contributed by atoms with Crippen LogP contribution in [0.2, 0.25) is 5.02 Å². The predicted octanol–water partition coefficient (Wildman–Crippen LogP) is 4.38. The summed E-state index contributed by atoms with van der Waals surface area (Å²) in [6.07, 6.45) is -3.08. The number of halogens is 4. The molecule has 0 radical (unpaired) electrons. The lowest BCUT2D eigenvalue weighted by Crippen LogP contribution is -2.45. The second kappa shape index (κ2) is 9.88. The van der Waals surface area contributed by atoms with Crippen LogP contribution in [0.4, 0.5) is 13.2 Å². The molecule has 31 heavy (non-hydrogen) atoms. The number of carbonyl (C=O) groups excluding carboxylic acids is 2. The molecule has 0 aliphatic carbocycles. The van der Waals surface area contributed by atoms with E-state index in [0.717, 1.165) is 12.1 Å². The standard InChI is InChI=1S/C23H20ClF3N2O2/c24-20-10-8-17(9-11-20)22(31)29-13-3-6-18(15-29)21(30)28-12-2-5-16-4-1-7-19(14-16)23(25,26)27/h1,4,7-11,14,18H,3,6,12-13,15H2,(H,28,30)/t18-/m1/s1. The molecule has 3 rings (SSSR count). The fraction of sp³-hybridized carbons (Fsp3) is 0.304. The third kappa shape index (κ3) is 6.25. The summed E-state index contributed by atoms with van der Waals surface area (Å²) in [6.45, 7) is 0.881. The van der Waals surface area contributed by atoms with Crippen LogP contribution >= 0.6 is 11.6 Å². The molecule has 1 aliphatic rings. The maximum Gasteiger partial charge on any atom is 0.416 e. The highest BCUT2D eigenvalue weighted by Crippen LogP contribution is 2.29. The van der Waals surface area contributed by atoms with E-state index in [-0.39, 0.29) is 29.8 Å². The average Bonchev–Trinajstić information content (AvgIpc) is 2.76. The van der Waals surface area contributed by atoms with Crippen molar-refractivity contribution in [1.82, 2.24) is 10.2 Å². The van der Waals surface area contributed by atoms with Gasteiger partial charge in [-0.05, 0) is 55.3 Å². The average molecular weight is 449 g/mol. The van der Waals surface area contributed by atoms with Gasteiger partial charge in [0, 0.05) is 29.2 Å². The number of hydrogen-bond acceptors (Lipinski definition) is 2. The monoisotopic (exact) mass is 448 g/mol. The minimum atomic E-state index is -4.43. The van der Waals surface area contributed by atoms with E-state index in [2.05, 4.69) is 17.2 Å². The normalized spacial score (nSPS) is 16.3. The number of hydrogen-bond donors (Lipinski definition) is 1. The molecule has 0 unspecified atom stereocenters. The molecule has 2 aromatic rings. The van der Waals surface area contributed by atoms with Crippen molar-refractivity contribution in [3.63, 3.8) is 0 Å². The first-order chi connectivity index (χ1) is 14.7. The fourth-order valence-corrected chi connectivity index (χ4v) is 3.47. The Bertz CT molecular complexity index is 1010. The minimum Gasteiger partial charge on any atom is -0.345 e. The van der Waals surface area contributed by atoms with Gasteiger partial charge in [0.15, 0.2) is 0 Å². The largest absolute Gasteiger partial charge is 0.416 e. The zero-order chi connectivity index (χ0) is 22.4. The number of benzene rings is 2. The van der Waals surface area contributed by atoms with E-state index in [9.17, 15) is 22.8 Å². The van der Waals surface area contributed by atoms with Crippen molar-refractivity contribution in [2.24, 2.45) is 5.92 Å². The van der Waals surface area contributed by atoms with E-state index in [1.54, 1.807) is 29.2 Å². The maximum atomic E-state index is 12.7. The van der Waals surface area contributed by atoms with Gasteiger partial charge in [-0.25, -0.2) is 0 Å². The third-order valence-corrected chi connectivity index (χ3v) is 5.20. The predicted molar refractivity (Wildman–Crippen MR) is 111 cm³/mol. The Morgan fingerprint density at radius 1 is 1.16 bits per heavy atom. The van der Waals surface area contributed by atoms with Crippen molar-refractivity contribution < 1.29 is 22.8 Å². The number of carbonyl (C=O) groups is 2. The molecule has 1 fully saturated rings. The molecule has 4 nitrogen and oxygen atoms in total. The Labute approximate surface area is 183 Å². The Hall–Kier alpha value is -2.98. The minimum absolute atomic E-state index is 0.0106. The first kappa shape index (κ1) is 22.7. The fourth-order valence-electron chi connectivity index (χ4n) is 3.35. The van der Waals surface area contributed by atoms with Gasteiger partial charge in [0.1, 0.15) is 0 Å². The SMILES string of the molecule is O=C(NCC#Cc1cccc(C(F)(F)F)c1)[C@@H]1CCCN(C(=O)c2ccc(Cl)cc2)C1. The van der Waals surface area contributed by atoms with Gasteiger partial charge in [-0.3, -0.25) is 9.59 Å². The van der Waals surface area contributed by atoms with E-state index in [1.807, 2.05) is 0 Å². The Morgan fingerprint density at radius 2 is 1.90 bits per heavy atom. The van der Waals surface area contributed by atoms with Gasteiger partial charge >= 0.3 is 6.18 Å². The van der Waals surface area contributed by atoms with E-state index in [1.165, 1.54) is 12.1 Å². The molecule has 1 aliphatic heterocycles. The Morgan fingerprint density at radius 3 is 2.61 bits per heavy atom. The van der Waals surface area contributed by atoms with Gasteiger partial charge in [0.25, 0.3) is 5.91 Å². The van der Waals surface area contributed by atoms with Crippen LogP contribution in [0.3, 0.4) is 0 Å². The molecule has 1 heterocycles. The summed E-state index contributed by atoms with van der Waals surface area (Å²) in [7, 11) is 0. The van der Waals surface area contributed by atoms with Crippen LogP contribution in [0.25, 0.3) is 0 Å². The molecule has 1 atom stereocenters. The summed E-state index contributed by atoms with van der Waals surface area (Å²) in [6, 6.07) is 11.3. The summed E-state index contributed by atoms with van der Waals surface area (Å²) in [4.78, 5) is 26.7. The van der Waals surface area contributed by atoms with Crippen molar-refractivity contribution in [2.75, 3.05) is 19.6 Å². The zero-order valence-corrected chi connectivity index (χ0v) is 17.3. The van der Waals surface area contributed by atoms with Gasteiger partial charge in [-0.1, -0.05) is 29.5 Å². The number of rotatable bonds is 3. The molecule has 1 saturated heterocycles. The number of nitrogens with one attached hydrogen (secondary N) is 1.